The Morgan fingerprint density at radius 2 is 2.00 bits per heavy atom. The average Bonchev–Trinajstić information content (AvgIpc) is 3.17. The van der Waals surface area contributed by atoms with Gasteiger partial charge in [-0.3, -0.25) is 19.1 Å². The molecule has 1 amide bonds. The van der Waals surface area contributed by atoms with Crippen LogP contribution in [0, 0.1) is 5.82 Å². The highest BCUT2D eigenvalue weighted by Crippen LogP contribution is 2.19. The number of carbonyl (C=O) groups is 1. The molecule has 4 rings (SSSR count). The monoisotopic (exact) mass is 406 g/mol. The number of hydrogen-bond acceptors (Lipinski definition) is 5. The zero-order chi connectivity index (χ0) is 21.1. The number of hydrogen-bond donors (Lipinski definition) is 2. The molecule has 9 heteroatoms. The molecule has 0 radical (unpaired) electrons. The van der Waals surface area contributed by atoms with Crippen LogP contribution in [0.4, 0.5) is 10.1 Å². The molecule has 0 aliphatic carbocycles. The maximum atomic E-state index is 13.7. The zero-order valence-electron chi connectivity index (χ0n) is 16.2. The number of nitrogens with zero attached hydrogens (tertiary/aromatic N) is 4. The van der Waals surface area contributed by atoms with E-state index in [4.69, 9.17) is 0 Å². The molecule has 0 aliphatic heterocycles. The van der Waals surface area contributed by atoms with Crippen molar-refractivity contribution in [2.75, 3.05) is 18.9 Å². The summed E-state index contributed by atoms with van der Waals surface area (Å²) in [7, 11) is 1.54. The SMILES string of the molecule is CNC(=O)c1cc(NCCn2nc(-n3ccc4ccc(F)cc43)ccc2=O)ccn1. The van der Waals surface area contributed by atoms with Crippen molar-refractivity contribution >= 4 is 22.5 Å². The Morgan fingerprint density at radius 1 is 1.13 bits per heavy atom. The van der Waals surface area contributed by atoms with Gasteiger partial charge in [-0.05, 0) is 42.5 Å². The number of amides is 1. The van der Waals surface area contributed by atoms with Gasteiger partial charge in [0.2, 0.25) is 0 Å². The summed E-state index contributed by atoms with van der Waals surface area (Å²) in [5, 5.41) is 11.0. The van der Waals surface area contributed by atoms with E-state index in [0.717, 1.165) is 5.39 Å². The third-order valence-corrected chi connectivity index (χ3v) is 4.63. The minimum atomic E-state index is -0.339. The molecule has 0 atom stereocenters. The Balaban J connectivity index is 1.52. The van der Waals surface area contributed by atoms with Gasteiger partial charge in [-0.2, -0.15) is 5.10 Å². The van der Waals surface area contributed by atoms with E-state index in [1.54, 1.807) is 35.0 Å². The summed E-state index contributed by atoms with van der Waals surface area (Å²) in [5.74, 6) is -0.103. The van der Waals surface area contributed by atoms with Crippen molar-refractivity contribution in [3.8, 4) is 5.82 Å². The van der Waals surface area contributed by atoms with Crippen molar-refractivity contribution in [2.24, 2.45) is 0 Å². The summed E-state index contributed by atoms with van der Waals surface area (Å²) in [6.07, 6.45) is 3.32. The number of aromatic nitrogens is 4. The van der Waals surface area contributed by atoms with E-state index in [0.29, 0.717) is 35.8 Å². The predicted octanol–water partition coefficient (Wildman–Crippen LogP) is 2.19. The van der Waals surface area contributed by atoms with Crippen LogP contribution in [0.25, 0.3) is 16.7 Å². The Bertz CT molecular complexity index is 1280. The van der Waals surface area contributed by atoms with E-state index in [1.807, 2.05) is 6.07 Å². The lowest BCUT2D eigenvalue weighted by Gasteiger charge is -2.11. The molecule has 0 unspecified atom stereocenters. The number of anilines is 1. The van der Waals surface area contributed by atoms with E-state index >= 15 is 0 Å². The van der Waals surface area contributed by atoms with Gasteiger partial charge < -0.3 is 10.6 Å². The summed E-state index contributed by atoms with van der Waals surface area (Å²) < 4.78 is 16.7. The maximum absolute atomic E-state index is 13.7. The van der Waals surface area contributed by atoms with Crippen LogP contribution in [0.5, 0.6) is 0 Å². The van der Waals surface area contributed by atoms with E-state index in [1.165, 1.54) is 36.1 Å². The largest absolute Gasteiger partial charge is 0.383 e. The fourth-order valence-electron chi connectivity index (χ4n) is 3.13. The fourth-order valence-corrected chi connectivity index (χ4v) is 3.13. The first-order valence-electron chi connectivity index (χ1n) is 9.32. The highest BCUT2D eigenvalue weighted by Gasteiger charge is 2.08. The molecule has 152 valence electrons. The third kappa shape index (κ3) is 3.90. The Hall–Kier alpha value is -4.01. The molecule has 0 saturated carbocycles. The minimum absolute atomic E-state index is 0.246. The molecule has 1 aromatic carbocycles. The second-order valence-electron chi connectivity index (χ2n) is 6.58. The van der Waals surface area contributed by atoms with Crippen molar-refractivity contribution in [3.05, 3.63) is 82.8 Å². The Labute approximate surface area is 171 Å². The molecule has 4 aromatic rings. The summed E-state index contributed by atoms with van der Waals surface area (Å²) in [5.41, 5.74) is 1.43. The topological polar surface area (TPSA) is 93.8 Å². The first-order valence-corrected chi connectivity index (χ1v) is 9.32. The number of fused-ring (bicyclic) bond motifs is 1. The molecule has 0 saturated heterocycles. The van der Waals surface area contributed by atoms with Crippen molar-refractivity contribution in [1.82, 2.24) is 24.6 Å². The summed E-state index contributed by atoms with van der Waals surface area (Å²) in [6.45, 7) is 0.715. The molecule has 8 nitrogen and oxygen atoms in total. The number of rotatable bonds is 6. The van der Waals surface area contributed by atoms with Crippen LogP contribution in [0.1, 0.15) is 10.5 Å². The molecule has 2 N–H and O–H groups in total. The van der Waals surface area contributed by atoms with Crippen molar-refractivity contribution in [2.45, 2.75) is 6.54 Å². The molecule has 30 heavy (non-hydrogen) atoms. The van der Waals surface area contributed by atoms with Gasteiger partial charge in [0.1, 0.15) is 11.5 Å². The average molecular weight is 406 g/mol. The van der Waals surface area contributed by atoms with E-state index in [-0.39, 0.29) is 17.3 Å². The standard InChI is InChI=1S/C21H19FN6O2/c1-23-21(30)17-13-16(6-8-25-17)24-9-11-28-20(29)5-4-19(26-28)27-10-7-14-2-3-15(22)12-18(14)27/h2-8,10,12-13H,9,11H2,1H3,(H,23,30)(H,24,25). The van der Waals surface area contributed by atoms with Gasteiger partial charge in [0, 0.05) is 43.1 Å². The number of nitrogens with one attached hydrogen (secondary N) is 2. The molecule has 0 fully saturated rings. The quantitative estimate of drug-likeness (QED) is 0.512. The van der Waals surface area contributed by atoms with Crippen LogP contribution in [0.3, 0.4) is 0 Å². The summed E-state index contributed by atoms with van der Waals surface area (Å²) in [4.78, 5) is 27.9. The summed E-state index contributed by atoms with van der Waals surface area (Å²) >= 11 is 0. The van der Waals surface area contributed by atoms with E-state index in [9.17, 15) is 14.0 Å². The Morgan fingerprint density at radius 3 is 2.83 bits per heavy atom. The molecule has 0 aliphatic rings. The lowest BCUT2D eigenvalue weighted by molar-refractivity contribution is 0.0958. The number of benzene rings is 1. The smallest absolute Gasteiger partial charge is 0.269 e. The van der Waals surface area contributed by atoms with Crippen LogP contribution in [-0.2, 0) is 6.54 Å². The van der Waals surface area contributed by atoms with Gasteiger partial charge in [-0.25, -0.2) is 9.07 Å². The molecule has 3 aromatic heterocycles. The normalized spacial score (nSPS) is 10.9. The molecule has 0 bridgehead atoms. The second kappa shape index (κ2) is 8.16. The highest BCUT2D eigenvalue weighted by atomic mass is 19.1. The first-order chi connectivity index (χ1) is 14.5. The van der Waals surface area contributed by atoms with Crippen molar-refractivity contribution in [3.63, 3.8) is 0 Å². The number of carbonyl (C=O) groups excluding carboxylic acids is 1. The van der Waals surface area contributed by atoms with Gasteiger partial charge in [-0.15, -0.1) is 0 Å². The summed E-state index contributed by atoms with van der Waals surface area (Å²) in [6, 6.07) is 12.8. The van der Waals surface area contributed by atoms with E-state index < -0.39 is 0 Å². The van der Waals surface area contributed by atoms with Crippen LogP contribution < -0.4 is 16.2 Å². The van der Waals surface area contributed by atoms with E-state index in [2.05, 4.69) is 20.7 Å². The zero-order valence-corrected chi connectivity index (χ0v) is 16.2. The van der Waals surface area contributed by atoms with Crippen LogP contribution in [0.15, 0.2) is 65.7 Å². The van der Waals surface area contributed by atoms with Gasteiger partial charge in [0.25, 0.3) is 11.5 Å². The van der Waals surface area contributed by atoms with Crippen LogP contribution in [-0.4, -0.2) is 38.8 Å². The predicted molar refractivity (Wildman–Crippen MR) is 111 cm³/mol. The second-order valence-corrected chi connectivity index (χ2v) is 6.58. The molecule has 3 heterocycles. The fraction of sp³-hybridized carbons (Fsp3) is 0.143. The van der Waals surface area contributed by atoms with Crippen molar-refractivity contribution < 1.29 is 9.18 Å². The Kier molecular flexibility index (Phi) is 5.25. The lowest BCUT2D eigenvalue weighted by Crippen LogP contribution is -2.26. The molecular weight excluding hydrogens is 387 g/mol. The third-order valence-electron chi connectivity index (χ3n) is 4.63. The van der Waals surface area contributed by atoms with Crippen molar-refractivity contribution in [1.29, 1.82) is 0 Å². The van der Waals surface area contributed by atoms with Gasteiger partial charge in [-0.1, -0.05) is 0 Å². The van der Waals surface area contributed by atoms with Gasteiger partial charge >= 0.3 is 0 Å². The first kappa shape index (κ1) is 19.3. The highest BCUT2D eigenvalue weighted by molar-refractivity contribution is 5.92. The van der Waals surface area contributed by atoms with Gasteiger partial charge in [0.15, 0.2) is 5.82 Å². The van der Waals surface area contributed by atoms with Gasteiger partial charge in [0.05, 0.1) is 12.1 Å². The number of halogens is 1. The number of pyridine rings is 1. The maximum Gasteiger partial charge on any atom is 0.269 e. The van der Waals surface area contributed by atoms with Crippen LogP contribution >= 0.6 is 0 Å². The molecular formula is C21H19FN6O2. The van der Waals surface area contributed by atoms with Crippen LogP contribution in [0.2, 0.25) is 0 Å². The lowest BCUT2D eigenvalue weighted by atomic mass is 10.2. The minimum Gasteiger partial charge on any atom is -0.383 e. The molecule has 0 spiro atoms.